The summed E-state index contributed by atoms with van der Waals surface area (Å²) < 4.78 is 32.0. The molecule has 4 N–H and O–H groups in total. The van der Waals surface area contributed by atoms with Gasteiger partial charge >= 0.3 is 0 Å². The van der Waals surface area contributed by atoms with Gasteiger partial charge in [0, 0.05) is 18.2 Å². The molecule has 1 aromatic rings. The van der Waals surface area contributed by atoms with Crippen molar-refractivity contribution in [2.24, 2.45) is 0 Å². The van der Waals surface area contributed by atoms with E-state index in [4.69, 9.17) is 15.6 Å². The first-order chi connectivity index (χ1) is 8.72. The molecule has 0 aliphatic carbocycles. The molecule has 0 heterocycles. The molecule has 0 aromatic heterocycles. The number of aliphatic hydroxyl groups excluding tert-OH is 1. The van der Waals surface area contributed by atoms with Gasteiger partial charge in [-0.05, 0) is 32.4 Å². The number of ether oxygens (including phenoxy) is 1. The lowest BCUT2D eigenvalue weighted by molar-refractivity contribution is 0.245. The first-order valence-corrected chi connectivity index (χ1v) is 7.28. The van der Waals surface area contributed by atoms with Gasteiger partial charge in [-0.3, -0.25) is 0 Å². The number of nitrogen functional groups attached to an aromatic ring is 1. The van der Waals surface area contributed by atoms with Crippen LogP contribution in [0.3, 0.4) is 0 Å². The van der Waals surface area contributed by atoms with Gasteiger partial charge in [0.1, 0.15) is 5.75 Å². The summed E-state index contributed by atoms with van der Waals surface area (Å²) in [5, 5.41) is 8.92. The van der Waals surface area contributed by atoms with E-state index in [1.807, 2.05) is 0 Å². The van der Waals surface area contributed by atoms with Crippen LogP contribution in [0.5, 0.6) is 5.75 Å². The predicted octanol–water partition coefficient (Wildman–Crippen LogP) is 0.717. The molecule has 0 spiro atoms. The Balaban J connectivity index is 3.07. The molecule has 0 radical (unpaired) electrons. The van der Waals surface area contributed by atoms with Gasteiger partial charge in [0.2, 0.25) is 10.0 Å². The minimum Gasteiger partial charge on any atom is -0.495 e. The molecule has 1 rings (SSSR count). The first kappa shape index (κ1) is 15.7. The monoisotopic (exact) mass is 288 g/mol. The van der Waals surface area contributed by atoms with Gasteiger partial charge in [-0.25, -0.2) is 13.1 Å². The number of benzene rings is 1. The molecule has 0 unspecified atom stereocenters. The summed E-state index contributed by atoms with van der Waals surface area (Å²) in [7, 11) is -2.26. The van der Waals surface area contributed by atoms with Gasteiger partial charge in [-0.2, -0.15) is 0 Å². The fraction of sp³-hybridized carbons (Fsp3) is 0.500. The molecule has 0 saturated carbocycles. The van der Waals surface area contributed by atoms with E-state index in [1.54, 1.807) is 13.8 Å². The highest BCUT2D eigenvalue weighted by molar-refractivity contribution is 7.89. The van der Waals surface area contributed by atoms with E-state index in [2.05, 4.69) is 4.72 Å². The van der Waals surface area contributed by atoms with Crippen molar-refractivity contribution in [1.29, 1.82) is 0 Å². The Morgan fingerprint density at radius 2 is 2.05 bits per heavy atom. The number of hydrogen-bond acceptors (Lipinski definition) is 5. The lowest BCUT2D eigenvalue weighted by Crippen LogP contribution is -2.43. The Labute approximate surface area is 113 Å². The molecule has 6 nitrogen and oxygen atoms in total. The summed E-state index contributed by atoms with van der Waals surface area (Å²) in [5.74, 6) is 0.308. The van der Waals surface area contributed by atoms with Gasteiger partial charge < -0.3 is 15.6 Å². The zero-order valence-corrected chi connectivity index (χ0v) is 12.1. The summed E-state index contributed by atoms with van der Waals surface area (Å²) in [6.45, 7) is 3.31. The number of aliphatic hydroxyl groups is 1. The normalized spacial score (nSPS) is 12.4. The lowest BCUT2D eigenvalue weighted by atomic mass is 10.0. The van der Waals surface area contributed by atoms with Crippen molar-refractivity contribution in [2.45, 2.75) is 30.7 Å². The number of nitrogens with two attached hydrogens (primary N) is 1. The van der Waals surface area contributed by atoms with Gasteiger partial charge in [-0.1, -0.05) is 0 Å². The maximum absolute atomic E-state index is 12.2. The smallest absolute Gasteiger partial charge is 0.241 e. The molecule has 0 aliphatic rings. The van der Waals surface area contributed by atoms with Crippen LogP contribution in [0, 0.1) is 0 Å². The molecule has 0 fully saturated rings. The molecule has 108 valence electrons. The van der Waals surface area contributed by atoms with Gasteiger partial charge in [0.05, 0.1) is 17.7 Å². The predicted molar refractivity (Wildman–Crippen MR) is 73.5 cm³/mol. The molecule has 0 aliphatic heterocycles. The van der Waals surface area contributed by atoms with E-state index in [9.17, 15) is 8.42 Å². The Hall–Kier alpha value is -1.31. The molecule has 1 aromatic carbocycles. The van der Waals surface area contributed by atoms with Crippen molar-refractivity contribution in [2.75, 3.05) is 19.5 Å². The third-order valence-corrected chi connectivity index (χ3v) is 4.36. The van der Waals surface area contributed by atoms with Crippen molar-refractivity contribution in [3.8, 4) is 5.75 Å². The SMILES string of the molecule is COc1cc(S(=O)(=O)NC(C)(C)CCO)ccc1N. The molecule has 0 saturated heterocycles. The van der Waals surface area contributed by atoms with Crippen LogP contribution in [-0.2, 0) is 10.0 Å². The minimum atomic E-state index is -3.69. The highest BCUT2D eigenvalue weighted by Crippen LogP contribution is 2.25. The van der Waals surface area contributed by atoms with Gasteiger partial charge in [0.25, 0.3) is 0 Å². The van der Waals surface area contributed by atoms with Crippen LogP contribution >= 0.6 is 0 Å². The van der Waals surface area contributed by atoms with Crippen molar-refractivity contribution < 1.29 is 18.3 Å². The molecule has 19 heavy (non-hydrogen) atoms. The number of nitrogens with one attached hydrogen (secondary N) is 1. The topological polar surface area (TPSA) is 102 Å². The largest absolute Gasteiger partial charge is 0.495 e. The van der Waals surface area contributed by atoms with Crippen molar-refractivity contribution in [3.63, 3.8) is 0 Å². The van der Waals surface area contributed by atoms with Gasteiger partial charge in [0.15, 0.2) is 0 Å². The average Bonchev–Trinajstić information content (AvgIpc) is 2.27. The molecule has 0 atom stereocenters. The number of methoxy groups -OCH3 is 1. The van der Waals surface area contributed by atoms with Crippen LogP contribution in [0.15, 0.2) is 23.1 Å². The van der Waals surface area contributed by atoms with Crippen LogP contribution < -0.4 is 15.2 Å². The number of anilines is 1. The van der Waals surface area contributed by atoms with Crippen molar-refractivity contribution in [1.82, 2.24) is 4.72 Å². The Morgan fingerprint density at radius 3 is 2.58 bits per heavy atom. The second kappa shape index (κ2) is 5.77. The summed E-state index contributed by atoms with van der Waals surface area (Å²) in [5.41, 5.74) is 5.28. The van der Waals surface area contributed by atoms with E-state index in [0.29, 0.717) is 17.9 Å². The van der Waals surface area contributed by atoms with Crippen LogP contribution in [0.2, 0.25) is 0 Å². The summed E-state index contributed by atoms with van der Waals surface area (Å²) in [6.07, 6.45) is 0.318. The third kappa shape index (κ3) is 4.09. The quantitative estimate of drug-likeness (QED) is 0.669. The molecule has 0 amide bonds. The summed E-state index contributed by atoms with van der Waals surface area (Å²) >= 11 is 0. The molecule has 7 heteroatoms. The average molecular weight is 288 g/mol. The molecular formula is C12H20N2O4S. The Morgan fingerprint density at radius 1 is 1.42 bits per heavy atom. The number of hydrogen-bond donors (Lipinski definition) is 3. The second-order valence-electron chi connectivity index (χ2n) is 4.87. The number of rotatable bonds is 6. The highest BCUT2D eigenvalue weighted by atomic mass is 32.2. The Bertz CT molecular complexity index is 541. The van der Waals surface area contributed by atoms with Crippen molar-refractivity contribution >= 4 is 15.7 Å². The van der Waals surface area contributed by atoms with E-state index in [-0.39, 0.29) is 11.5 Å². The third-order valence-electron chi connectivity index (χ3n) is 2.66. The number of sulfonamides is 1. The van der Waals surface area contributed by atoms with Crippen LogP contribution in [0.1, 0.15) is 20.3 Å². The molecule has 0 bridgehead atoms. The zero-order chi connectivity index (χ0) is 14.7. The van der Waals surface area contributed by atoms with Crippen LogP contribution in [0.4, 0.5) is 5.69 Å². The summed E-state index contributed by atoms with van der Waals surface area (Å²) in [6, 6.07) is 4.26. The highest BCUT2D eigenvalue weighted by Gasteiger charge is 2.26. The summed E-state index contributed by atoms with van der Waals surface area (Å²) in [4.78, 5) is 0.0737. The first-order valence-electron chi connectivity index (χ1n) is 5.80. The van der Waals surface area contributed by atoms with E-state index >= 15 is 0 Å². The van der Waals surface area contributed by atoms with E-state index < -0.39 is 15.6 Å². The van der Waals surface area contributed by atoms with Gasteiger partial charge in [-0.15, -0.1) is 0 Å². The maximum atomic E-state index is 12.2. The molecular weight excluding hydrogens is 268 g/mol. The van der Waals surface area contributed by atoms with Crippen LogP contribution in [0.25, 0.3) is 0 Å². The maximum Gasteiger partial charge on any atom is 0.241 e. The standard InChI is InChI=1S/C12H20N2O4S/c1-12(2,6-7-15)14-19(16,17)9-4-5-10(13)11(8-9)18-3/h4-5,8,14-15H,6-7,13H2,1-3H3. The van der Waals surface area contributed by atoms with E-state index in [0.717, 1.165) is 0 Å². The van der Waals surface area contributed by atoms with Crippen LogP contribution in [-0.4, -0.2) is 32.8 Å². The lowest BCUT2D eigenvalue weighted by Gasteiger charge is -2.25. The minimum absolute atomic E-state index is 0.0737. The zero-order valence-electron chi connectivity index (χ0n) is 11.3. The fourth-order valence-electron chi connectivity index (χ4n) is 1.61. The second-order valence-corrected chi connectivity index (χ2v) is 6.55. The van der Waals surface area contributed by atoms with Crippen molar-refractivity contribution in [3.05, 3.63) is 18.2 Å². The Kier molecular flexibility index (Phi) is 4.78. The fourth-order valence-corrected chi connectivity index (χ4v) is 3.07. The van der Waals surface area contributed by atoms with E-state index in [1.165, 1.54) is 25.3 Å².